The number of hydrogen-bond acceptors (Lipinski definition) is 5. The van der Waals surface area contributed by atoms with E-state index in [4.69, 9.17) is 14.2 Å². The third kappa shape index (κ3) is 5.02. The van der Waals surface area contributed by atoms with Gasteiger partial charge in [0.25, 0.3) is 0 Å². The smallest absolute Gasteiger partial charge is 0.407 e. The number of ether oxygens (including phenoxy) is 3. The van der Waals surface area contributed by atoms with Crippen LogP contribution in [0, 0.1) is 5.92 Å². The standard InChI is InChI=1S/C27H34N2O4/c1-31-15-16-32-25-8-3-2-6-23(25)21-9-10-22-20(17-21)5-4-7-24(22)28-27(30)33-26-18-29-13-11-19(26)12-14-29/h2-3,6,8-10,17,19,24,26H,4-5,7,11-16,18H2,1H3,(H,28,30)/t24?,26-/m0/s1. The second-order valence-electron chi connectivity index (χ2n) is 9.42. The van der Waals surface area contributed by atoms with Gasteiger partial charge in [-0.25, -0.2) is 4.79 Å². The molecule has 3 aliphatic heterocycles. The Morgan fingerprint density at radius 1 is 1.09 bits per heavy atom. The van der Waals surface area contributed by atoms with Crippen molar-refractivity contribution in [2.75, 3.05) is 40.0 Å². The van der Waals surface area contributed by atoms with Gasteiger partial charge in [0.05, 0.1) is 12.6 Å². The molecule has 1 unspecified atom stereocenters. The lowest BCUT2D eigenvalue weighted by Crippen LogP contribution is -2.52. The minimum absolute atomic E-state index is 0.00424. The van der Waals surface area contributed by atoms with Crippen LogP contribution in [0.15, 0.2) is 42.5 Å². The summed E-state index contributed by atoms with van der Waals surface area (Å²) in [5.74, 6) is 1.38. The van der Waals surface area contributed by atoms with E-state index < -0.39 is 0 Å². The largest absolute Gasteiger partial charge is 0.491 e. The number of hydrogen-bond donors (Lipinski definition) is 1. The Hall–Kier alpha value is -2.57. The average molecular weight is 451 g/mol. The second kappa shape index (κ2) is 10.1. The molecule has 6 rings (SSSR count). The Labute approximate surface area is 196 Å². The summed E-state index contributed by atoms with van der Waals surface area (Å²) in [6.45, 7) is 4.25. The minimum Gasteiger partial charge on any atom is -0.491 e. The Balaban J connectivity index is 1.28. The highest BCUT2D eigenvalue weighted by Gasteiger charge is 2.37. The van der Waals surface area contributed by atoms with Gasteiger partial charge in [-0.15, -0.1) is 0 Å². The Morgan fingerprint density at radius 2 is 1.94 bits per heavy atom. The van der Waals surface area contributed by atoms with E-state index in [2.05, 4.69) is 34.5 Å². The summed E-state index contributed by atoms with van der Waals surface area (Å²) < 4.78 is 16.9. The van der Waals surface area contributed by atoms with Crippen molar-refractivity contribution in [1.82, 2.24) is 10.2 Å². The van der Waals surface area contributed by atoms with Gasteiger partial charge in [0.2, 0.25) is 0 Å². The number of nitrogens with zero attached hydrogens (tertiary/aromatic N) is 1. The first kappa shape index (κ1) is 22.2. The number of amides is 1. The number of rotatable bonds is 7. The summed E-state index contributed by atoms with van der Waals surface area (Å²) in [5.41, 5.74) is 4.71. The number of benzene rings is 2. The molecule has 4 aliphatic rings. The molecular weight excluding hydrogens is 416 g/mol. The predicted octanol–water partition coefficient (Wildman–Crippen LogP) is 4.58. The topological polar surface area (TPSA) is 60.0 Å². The van der Waals surface area contributed by atoms with Crippen LogP contribution >= 0.6 is 0 Å². The fraction of sp³-hybridized carbons (Fsp3) is 0.519. The number of nitrogens with one attached hydrogen (secondary N) is 1. The van der Waals surface area contributed by atoms with Crippen molar-refractivity contribution in [2.45, 2.75) is 44.2 Å². The van der Waals surface area contributed by atoms with Crippen molar-refractivity contribution in [3.05, 3.63) is 53.6 Å². The third-order valence-corrected chi connectivity index (χ3v) is 7.35. The Kier molecular flexibility index (Phi) is 6.83. The molecular formula is C27H34N2O4. The quantitative estimate of drug-likeness (QED) is 0.626. The van der Waals surface area contributed by atoms with Gasteiger partial charge < -0.3 is 19.5 Å². The van der Waals surface area contributed by atoms with E-state index in [-0.39, 0.29) is 18.2 Å². The number of para-hydroxylation sites is 1. The van der Waals surface area contributed by atoms with E-state index in [1.807, 2.05) is 18.2 Å². The van der Waals surface area contributed by atoms with E-state index >= 15 is 0 Å². The number of carbonyl (C=O) groups excluding carboxylic acids is 1. The van der Waals surface area contributed by atoms with Crippen LogP contribution in [0.3, 0.4) is 0 Å². The molecule has 0 saturated carbocycles. The first-order chi connectivity index (χ1) is 16.2. The summed E-state index contributed by atoms with van der Waals surface area (Å²) in [6, 6.07) is 14.7. The van der Waals surface area contributed by atoms with Crippen LogP contribution in [-0.4, -0.2) is 57.1 Å². The summed E-state index contributed by atoms with van der Waals surface area (Å²) in [7, 11) is 1.68. The molecule has 33 heavy (non-hydrogen) atoms. The number of alkyl carbamates (subject to hydrolysis) is 1. The van der Waals surface area contributed by atoms with E-state index in [9.17, 15) is 4.79 Å². The summed E-state index contributed by atoms with van der Waals surface area (Å²) in [6.07, 6.45) is 5.06. The molecule has 1 amide bonds. The number of fused-ring (bicyclic) bond motifs is 4. The van der Waals surface area contributed by atoms with Crippen LogP contribution in [0.25, 0.3) is 11.1 Å². The zero-order valence-corrected chi connectivity index (χ0v) is 19.4. The van der Waals surface area contributed by atoms with Gasteiger partial charge in [0, 0.05) is 19.2 Å². The first-order valence-electron chi connectivity index (χ1n) is 12.2. The molecule has 2 aromatic carbocycles. The number of aryl methyl sites for hydroxylation is 1. The van der Waals surface area contributed by atoms with Crippen molar-refractivity contribution < 1.29 is 19.0 Å². The van der Waals surface area contributed by atoms with Gasteiger partial charge in [-0.2, -0.15) is 0 Å². The highest BCUT2D eigenvalue weighted by Crippen LogP contribution is 2.36. The molecule has 0 aromatic heterocycles. The second-order valence-corrected chi connectivity index (χ2v) is 9.42. The van der Waals surface area contributed by atoms with Crippen LogP contribution < -0.4 is 10.1 Å². The SMILES string of the molecule is COCCOc1ccccc1-c1ccc2c(c1)CCCC2NC(=O)O[C@H]1CN2CCC1CC2. The van der Waals surface area contributed by atoms with Crippen LogP contribution in [0.5, 0.6) is 5.75 Å². The number of piperidine rings is 3. The van der Waals surface area contributed by atoms with E-state index in [0.29, 0.717) is 19.1 Å². The van der Waals surface area contributed by atoms with Crippen LogP contribution in [-0.2, 0) is 15.9 Å². The highest BCUT2D eigenvalue weighted by atomic mass is 16.6. The molecule has 6 heteroatoms. The molecule has 2 aromatic rings. The lowest BCUT2D eigenvalue weighted by Gasteiger charge is -2.44. The zero-order chi connectivity index (χ0) is 22.6. The average Bonchev–Trinajstić information content (AvgIpc) is 2.85. The van der Waals surface area contributed by atoms with E-state index in [1.54, 1.807) is 7.11 Å². The van der Waals surface area contributed by atoms with Crippen molar-refractivity contribution in [3.8, 4) is 16.9 Å². The minimum atomic E-state index is -0.271. The lowest BCUT2D eigenvalue weighted by molar-refractivity contribution is -0.0340. The van der Waals surface area contributed by atoms with Gasteiger partial charge in [-0.05, 0) is 73.9 Å². The van der Waals surface area contributed by atoms with Gasteiger partial charge in [-0.1, -0.05) is 36.4 Å². The molecule has 2 bridgehead atoms. The number of carbonyl (C=O) groups is 1. The van der Waals surface area contributed by atoms with Gasteiger partial charge in [0.1, 0.15) is 18.5 Å². The fourth-order valence-electron chi connectivity index (χ4n) is 5.56. The van der Waals surface area contributed by atoms with Gasteiger partial charge in [-0.3, -0.25) is 4.90 Å². The molecule has 1 aliphatic carbocycles. The zero-order valence-electron chi connectivity index (χ0n) is 19.4. The van der Waals surface area contributed by atoms with E-state index in [1.165, 1.54) is 11.1 Å². The van der Waals surface area contributed by atoms with Crippen molar-refractivity contribution in [3.63, 3.8) is 0 Å². The Bertz CT molecular complexity index is 970. The van der Waals surface area contributed by atoms with Crippen molar-refractivity contribution in [1.29, 1.82) is 0 Å². The Morgan fingerprint density at radius 3 is 2.73 bits per heavy atom. The van der Waals surface area contributed by atoms with Crippen LogP contribution in [0.1, 0.15) is 42.9 Å². The normalized spacial score (nSPS) is 25.8. The van der Waals surface area contributed by atoms with E-state index in [0.717, 1.165) is 68.6 Å². The van der Waals surface area contributed by atoms with Crippen molar-refractivity contribution >= 4 is 6.09 Å². The third-order valence-electron chi connectivity index (χ3n) is 7.35. The molecule has 3 fully saturated rings. The van der Waals surface area contributed by atoms with Crippen LogP contribution in [0.2, 0.25) is 0 Å². The monoisotopic (exact) mass is 450 g/mol. The summed E-state index contributed by atoms with van der Waals surface area (Å²) in [4.78, 5) is 15.2. The van der Waals surface area contributed by atoms with Gasteiger partial charge in [0.15, 0.2) is 0 Å². The lowest BCUT2D eigenvalue weighted by atomic mass is 9.85. The predicted molar refractivity (Wildman–Crippen MR) is 127 cm³/mol. The van der Waals surface area contributed by atoms with Crippen molar-refractivity contribution in [2.24, 2.45) is 5.92 Å². The summed E-state index contributed by atoms with van der Waals surface area (Å²) in [5, 5.41) is 3.17. The molecule has 1 N–H and O–H groups in total. The maximum Gasteiger partial charge on any atom is 0.407 e. The molecule has 6 nitrogen and oxygen atoms in total. The molecule has 0 spiro atoms. The molecule has 2 atom stereocenters. The number of methoxy groups -OCH3 is 1. The maximum absolute atomic E-state index is 12.7. The van der Waals surface area contributed by atoms with Crippen LogP contribution in [0.4, 0.5) is 4.79 Å². The highest BCUT2D eigenvalue weighted by molar-refractivity contribution is 5.72. The maximum atomic E-state index is 12.7. The summed E-state index contributed by atoms with van der Waals surface area (Å²) >= 11 is 0. The molecule has 3 heterocycles. The fourth-order valence-corrected chi connectivity index (χ4v) is 5.56. The van der Waals surface area contributed by atoms with Gasteiger partial charge >= 0.3 is 6.09 Å². The molecule has 0 radical (unpaired) electrons. The molecule has 176 valence electrons. The molecule has 3 saturated heterocycles. The first-order valence-corrected chi connectivity index (χ1v) is 12.2.